The zero-order chi connectivity index (χ0) is 20.9. The van der Waals surface area contributed by atoms with Gasteiger partial charge in [-0.05, 0) is 55.3 Å². The molecule has 0 spiro atoms. The molecule has 0 radical (unpaired) electrons. The molecule has 2 aromatic rings. The van der Waals surface area contributed by atoms with Gasteiger partial charge in [0.1, 0.15) is 5.75 Å². The van der Waals surface area contributed by atoms with Crippen molar-refractivity contribution in [1.82, 2.24) is 0 Å². The normalized spacial score (nSPS) is 15.2. The molecule has 1 saturated heterocycles. The quantitative estimate of drug-likeness (QED) is 0.736. The molecular weight excluding hydrogens is 390 g/mol. The van der Waals surface area contributed by atoms with Gasteiger partial charge in [-0.15, -0.1) is 0 Å². The fraction of sp³-hybridized carbons (Fsp3) is 0.238. The van der Waals surface area contributed by atoms with Gasteiger partial charge in [-0.1, -0.05) is 12.1 Å². The Labute approximate surface area is 170 Å². The van der Waals surface area contributed by atoms with Crippen molar-refractivity contribution in [3.8, 4) is 11.8 Å². The van der Waals surface area contributed by atoms with E-state index >= 15 is 0 Å². The first-order chi connectivity index (χ1) is 13.9. The van der Waals surface area contributed by atoms with E-state index in [0.717, 1.165) is 5.56 Å². The summed E-state index contributed by atoms with van der Waals surface area (Å²) in [6.07, 6.45) is 3.63. The molecule has 0 atom stereocenters. The van der Waals surface area contributed by atoms with Crippen LogP contribution in [0.25, 0.3) is 6.08 Å². The van der Waals surface area contributed by atoms with Crippen LogP contribution in [0.15, 0.2) is 48.5 Å². The molecule has 150 valence electrons. The third kappa shape index (κ3) is 4.95. The van der Waals surface area contributed by atoms with E-state index in [0.29, 0.717) is 42.3 Å². The Kier molecular flexibility index (Phi) is 6.20. The highest BCUT2D eigenvalue weighted by atomic mass is 32.2. The minimum absolute atomic E-state index is 0.172. The Balaban J connectivity index is 1.69. The highest BCUT2D eigenvalue weighted by molar-refractivity contribution is 7.93. The first-order valence-corrected chi connectivity index (χ1v) is 10.8. The van der Waals surface area contributed by atoms with Crippen molar-refractivity contribution in [3.05, 3.63) is 59.7 Å². The number of ether oxygens (including phenoxy) is 1. The third-order valence-electron chi connectivity index (χ3n) is 4.37. The number of nitrogens with one attached hydrogen (secondary N) is 1. The first kappa shape index (κ1) is 20.4. The van der Waals surface area contributed by atoms with Crippen LogP contribution in [0.3, 0.4) is 0 Å². The zero-order valence-electron chi connectivity index (χ0n) is 16.0. The molecule has 0 aliphatic carbocycles. The van der Waals surface area contributed by atoms with Gasteiger partial charge >= 0.3 is 0 Å². The Morgan fingerprint density at radius 2 is 2.03 bits per heavy atom. The van der Waals surface area contributed by atoms with Crippen molar-refractivity contribution in [3.63, 3.8) is 0 Å². The van der Waals surface area contributed by atoms with Gasteiger partial charge in [0.15, 0.2) is 0 Å². The largest absolute Gasteiger partial charge is 0.492 e. The fourth-order valence-corrected chi connectivity index (χ4v) is 4.57. The van der Waals surface area contributed by atoms with Crippen molar-refractivity contribution in [2.45, 2.75) is 13.3 Å². The Morgan fingerprint density at radius 1 is 1.28 bits per heavy atom. The van der Waals surface area contributed by atoms with Crippen molar-refractivity contribution >= 4 is 33.4 Å². The summed E-state index contributed by atoms with van der Waals surface area (Å²) in [6.45, 7) is 2.76. The number of carbonyl (C=O) groups excluding carboxylic acids is 1. The zero-order valence-corrected chi connectivity index (χ0v) is 16.8. The summed E-state index contributed by atoms with van der Waals surface area (Å²) >= 11 is 0. The number of hydrogen-bond donors (Lipinski definition) is 1. The number of nitrogens with zero attached hydrogens (tertiary/aromatic N) is 2. The van der Waals surface area contributed by atoms with Crippen molar-refractivity contribution in [1.29, 1.82) is 5.26 Å². The summed E-state index contributed by atoms with van der Waals surface area (Å²) in [4.78, 5) is 12.3. The molecule has 3 rings (SSSR count). The molecule has 0 unspecified atom stereocenters. The van der Waals surface area contributed by atoms with Crippen molar-refractivity contribution in [2.75, 3.05) is 28.5 Å². The highest BCUT2D eigenvalue weighted by Crippen LogP contribution is 2.26. The standard InChI is InChI=1S/C21H21N3O4S/c1-2-28-20-10-6-17(15-22)14-19(20)23-21(25)11-7-16-4-8-18(9-5-16)24-12-3-13-29(24,26)27/h4-11,14H,2-3,12-13H2,1H3,(H,23,25)/b11-7+. The predicted octanol–water partition coefficient (Wildman–Crippen LogP) is 3.15. The second-order valence-corrected chi connectivity index (χ2v) is 8.42. The number of sulfonamides is 1. The molecule has 7 nitrogen and oxygen atoms in total. The summed E-state index contributed by atoms with van der Waals surface area (Å²) in [5.41, 5.74) is 2.23. The number of benzene rings is 2. The number of rotatable bonds is 6. The molecule has 1 fully saturated rings. The molecule has 2 aromatic carbocycles. The minimum Gasteiger partial charge on any atom is -0.492 e. The van der Waals surface area contributed by atoms with Crippen LogP contribution in [0.4, 0.5) is 11.4 Å². The van der Waals surface area contributed by atoms with E-state index in [1.54, 1.807) is 48.5 Å². The van der Waals surface area contributed by atoms with E-state index in [2.05, 4.69) is 5.32 Å². The number of nitriles is 1. The van der Waals surface area contributed by atoms with Gasteiger partial charge in [0, 0.05) is 12.6 Å². The number of carbonyl (C=O) groups is 1. The fourth-order valence-electron chi connectivity index (χ4n) is 3.01. The maximum atomic E-state index is 12.3. The second-order valence-electron chi connectivity index (χ2n) is 6.41. The number of anilines is 2. The van der Waals surface area contributed by atoms with Gasteiger partial charge < -0.3 is 10.1 Å². The minimum atomic E-state index is -3.21. The van der Waals surface area contributed by atoms with Crippen LogP contribution >= 0.6 is 0 Å². The summed E-state index contributed by atoms with van der Waals surface area (Å²) < 4.78 is 30.9. The molecule has 1 N–H and O–H groups in total. The van der Waals surface area contributed by atoms with Gasteiger partial charge in [-0.3, -0.25) is 9.10 Å². The SMILES string of the molecule is CCOc1ccc(C#N)cc1NC(=O)/C=C/c1ccc(N2CCCS2(=O)=O)cc1. The Bertz CT molecular complexity index is 1070. The number of amides is 1. The van der Waals surface area contributed by atoms with Crippen molar-refractivity contribution in [2.24, 2.45) is 0 Å². The molecule has 1 amide bonds. The van der Waals surface area contributed by atoms with Crippen molar-refractivity contribution < 1.29 is 17.9 Å². The van der Waals surface area contributed by atoms with Crippen LogP contribution in [-0.2, 0) is 14.8 Å². The average molecular weight is 411 g/mol. The lowest BCUT2D eigenvalue weighted by molar-refractivity contribution is -0.111. The summed E-state index contributed by atoms with van der Waals surface area (Å²) in [5, 5.41) is 11.8. The lowest BCUT2D eigenvalue weighted by atomic mass is 10.2. The molecule has 1 aliphatic rings. The smallest absolute Gasteiger partial charge is 0.248 e. The summed E-state index contributed by atoms with van der Waals surface area (Å²) in [5.74, 6) is 0.294. The van der Waals surface area contributed by atoms with Gasteiger partial charge in [0.25, 0.3) is 0 Å². The maximum Gasteiger partial charge on any atom is 0.248 e. The number of hydrogen-bond acceptors (Lipinski definition) is 5. The van der Waals surface area contributed by atoms with Crippen LogP contribution < -0.4 is 14.4 Å². The van der Waals surface area contributed by atoms with Crippen LogP contribution in [0, 0.1) is 11.3 Å². The van der Waals surface area contributed by atoms with Crippen LogP contribution in [0.1, 0.15) is 24.5 Å². The highest BCUT2D eigenvalue weighted by Gasteiger charge is 2.28. The maximum absolute atomic E-state index is 12.3. The molecule has 8 heteroatoms. The molecule has 0 bridgehead atoms. The van der Waals surface area contributed by atoms with E-state index in [9.17, 15) is 13.2 Å². The van der Waals surface area contributed by atoms with E-state index in [1.807, 2.05) is 13.0 Å². The second kappa shape index (κ2) is 8.80. The molecule has 29 heavy (non-hydrogen) atoms. The lowest BCUT2D eigenvalue weighted by Gasteiger charge is -2.16. The van der Waals surface area contributed by atoms with E-state index in [-0.39, 0.29) is 11.7 Å². The lowest BCUT2D eigenvalue weighted by Crippen LogP contribution is -2.24. The molecule has 0 saturated carbocycles. The summed E-state index contributed by atoms with van der Waals surface area (Å²) in [7, 11) is -3.21. The summed E-state index contributed by atoms with van der Waals surface area (Å²) in [6, 6.07) is 13.8. The van der Waals surface area contributed by atoms with E-state index in [4.69, 9.17) is 10.00 Å². The van der Waals surface area contributed by atoms with E-state index < -0.39 is 10.0 Å². The molecule has 0 aromatic heterocycles. The third-order valence-corrected chi connectivity index (χ3v) is 6.24. The Morgan fingerprint density at radius 3 is 2.66 bits per heavy atom. The van der Waals surface area contributed by atoms with Crippen LogP contribution in [0.2, 0.25) is 0 Å². The predicted molar refractivity (Wildman–Crippen MR) is 112 cm³/mol. The van der Waals surface area contributed by atoms with Crippen LogP contribution in [0.5, 0.6) is 5.75 Å². The first-order valence-electron chi connectivity index (χ1n) is 9.19. The molecular formula is C21H21N3O4S. The van der Waals surface area contributed by atoms with Gasteiger partial charge in [-0.2, -0.15) is 5.26 Å². The average Bonchev–Trinajstić information content (AvgIpc) is 3.07. The van der Waals surface area contributed by atoms with Gasteiger partial charge in [0.2, 0.25) is 15.9 Å². The Hall–Kier alpha value is -3.31. The topological polar surface area (TPSA) is 99.5 Å². The van der Waals surface area contributed by atoms with E-state index in [1.165, 1.54) is 10.4 Å². The van der Waals surface area contributed by atoms with Crippen LogP contribution in [-0.4, -0.2) is 33.2 Å². The monoisotopic (exact) mass is 411 g/mol. The van der Waals surface area contributed by atoms with Gasteiger partial charge in [0.05, 0.1) is 35.4 Å². The molecule has 1 heterocycles. The van der Waals surface area contributed by atoms with Gasteiger partial charge in [-0.25, -0.2) is 8.42 Å². The molecule has 1 aliphatic heterocycles.